The van der Waals surface area contributed by atoms with Crippen molar-refractivity contribution in [3.05, 3.63) is 11.9 Å². The number of anilines is 1. The lowest BCUT2D eigenvalue weighted by atomic mass is 10.2. The molecule has 0 spiro atoms. The molecule has 0 aliphatic rings. The number of nitrogens with one attached hydrogen (secondary N) is 1. The minimum absolute atomic E-state index is 0.632. The van der Waals surface area contributed by atoms with Crippen molar-refractivity contribution >= 4 is 17.6 Å². The second kappa shape index (κ2) is 9.89. The first kappa shape index (κ1) is 16.1. The van der Waals surface area contributed by atoms with Gasteiger partial charge in [-0.25, -0.2) is 9.97 Å². The number of unbranched alkanes of at least 4 members (excludes halogenated alkanes) is 3. The molecule has 0 aliphatic heterocycles. The Kier molecular flexibility index (Phi) is 8.38. The summed E-state index contributed by atoms with van der Waals surface area (Å²) >= 11 is 1.92. The van der Waals surface area contributed by atoms with E-state index in [4.69, 9.17) is 4.74 Å². The molecule has 0 aromatic carbocycles. The Morgan fingerprint density at radius 1 is 1.21 bits per heavy atom. The minimum Gasteiger partial charge on any atom is -0.478 e. The summed E-state index contributed by atoms with van der Waals surface area (Å²) in [4.78, 5) is 8.39. The van der Waals surface area contributed by atoms with Gasteiger partial charge in [0.05, 0.1) is 12.2 Å². The number of thioether (sulfide) groups is 1. The lowest BCUT2D eigenvalue weighted by Gasteiger charge is -2.11. The molecule has 0 unspecified atom stereocenters. The first-order valence-electron chi connectivity index (χ1n) is 6.96. The average Bonchev–Trinajstić information content (AvgIpc) is 2.42. The second-order valence-electron chi connectivity index (χ2n) is 4.42. The topological polar surface area (TPSA) is 47.0 Å². The fraction of sp³-hybridized carbons (Fsp3) is 0.714. The normalized spacial score (nSPS) is 10.5. The van der Waals surface area contributed by atoms with E-state index in [9.17, 15) is 0 Å². The Bertz CT molecular complexity index is 361. The van der Waals surface area contributed by atoms with Gasteiger partial charge in [0, 0.05) is 6.54 Å². The van der Waals surface area contributed by atoms with Crippen LogP contribution in [0.3, 0.4) is 0 Å². The molecule has 1 N–H and O–H groups in total. The maximum atomic E-state index is 5.46. The van der Waals surface area contributed by atoms with E-state index in [1.807, 2.05) is 25.6 Å². The molecule has 0 atom stereocenters. The van der Waals surface area contributed by atoms with E-state index in [-0.39, 0.29) is 0 Å². The Hall–Kier alpha value is -0.970. The fourth-order valence-electron chi connectivity index (χ4n) is 1.83. The van der Waals surface area contributed by atoms with Crippen molar-refractivity contribution in [2.24, 2.45) is 0 Å². The average molecular weight is 283 g/mol. The zero-order valence-electron chi connectivity index (χ0n) is 12.2. The van der Waals surface area contributed by atoms with Gasteiger partial charge in [-0.3, -0.25) is 0 Å². The van der Waals surface area contributed by atoms with E-state index in [1.165, 1.54) is 31.4 Å². The van der Waals surface area contributed by atoms with Gasteiger partial charge in [-0.2, -0.15) is 11.8 Å². The molecule has 0 aliphatic carbocycles. The molecular weight excluding hydrogens is 258 g/mol. The predicted octanol–water partition coefficient (Wildman–Crippen LogP) is 3.52. The van der Waals surface area contributed by atoms with E-state index >= 15 is 0 Å². The summed E-state index contributed by atoms with van der Waals surface area (Å²) in [5.41, 5.74) is 0.992. The molecule has 5 heteroatoms. The molecule has 0 saturated heterocycles. The van der Waals surface area contributed by atoms with Crippen LogP contribution in [0.4, 0.5) is 5.82 Å². The Balaban J connectivity index is 2.27. The van der Waals surface area contributed by atoms with E-state index in [2.05, 4.69) is 21.5 Å². The summed E-state index contributed by atoms with van der Waals surface area (Å²) in [6, 6.07) is 0. The van der Waals surface area contributed by atoms with Crippen LogP contribution in [0.1, 0.15) is 38.2 Å². The van der Waals surface area contributed by atoms with Crippen LogP contribution >= 0.6 is 11.8 Å². The predicted molar refractivity (Wildman–Crippen MR) is 83.3 cm³/mol. The Morgan fingerprint density at radius 2 is 2.00 bits per heavy atom. The van der Waals surface area contributed by atoms with Gasteiger partial charge in [0.1, 0.15) is 12.1 Å². The first-order chi connectivity index (χ1) is 9.29. The van der Waals surface area contributed by atoms with Gasteiger partial charge in [-0.05, 0) is 38.7 Å². The van der Waals surface area contributed by atoms with E-state index in [1.54, 1.807) is 6.33 Å². The maximum Gasteiger partial charge on any atom is 0.221 e. The second-order valence-corrected chi connectivity index (χ2v) is 5.40. The zero-order chi connectivity index (χ0) is 13.9. The molecule has 0 saturated carbocycles. The number of ether oxygens (including phenoxy) is 1. The molecule has 1 heterocycles. The molecule has 1 aromatic rings. The number of hydrogen-bond donors (Lipinski definition) is 1. The largest absolute Gasteiger partial charge is 0.478 e. The molecule has 1 aromatic heterocycles. The summed E-state index contributed by atoms with van der Waals surface area (Å²) in [7, 11) is 0. The fourth-order valence-corrected chi connectivity index (χ4v) is 2.32. The third-order valence-electron chi connectivity index (χ3n) is 2.89. The van der Waals surface area contributed by atoms with E-state index < -0.39 is 0 Å². The van der Waals surface area contributed by atoms with Crippen LogP contribution in [0.25, 0.3) is 0 Å². The summed E-state index contributed by atoms with van der Waals surface area (Å²) in [6.07, 6.45) is 8.81. The van der Waals surface area contributed by atoms with Crippen LogP contribution < -0.4 is 10.1 Å². The summed E-state index contributed by atoms with van der Waals surface area (Å²) in [5.74, 6) is 2.85. The highest BCUT2D eigenvalue weighted by molar-refractivity contribution is 7.98. The number of nitrogens with zero attached hydrogens (tertiary/aromatic N) is 2. The highest BCUT2D eigenvalue weighted by atomic mass is 32.2. The maximum absolute atomic E-state index is 5.46. The van der Waals surface area contributed by atoms with Crippen LogP contribution in [0.2, 0.25) is 0 Å². The van der Waals surface area contributed by atoms with Crippen LogP contribution in [0, 0.1) is 6.92 Å². The Morgan fingerprint density at radius 3 is 2.74 bits per heavy atom. The van der Waals surface area contributed by atoms with Crippen molar-refractivity contribution in [2.45, 2.75) is 39.5 Å². The van der Waals surface area contributed by atoms with Gasteiger partial charge in [0.2, 0.25) is 5.88 Å². The molecule has 0 radical (unpaired) electrons. The van der Waals surface area contributed by atoms with Gasteiger partial charge >= 0.3 is 0 Å². The summed E-state index contributed by atoms with van der Waals surface area (Å²) < 4.78 is 5.46. The van der Waals surface area contributed by atoms with Crippen LogP contribution in [0.15, 0.2) is 6.33 Å². The summed E-state index contributed by atoms with van der Waals surface area (Å²) in [5, 5.41) is 3.37. The molecule has 108 valence electrons. The third kappa shape index (κ3) is 6.14. The lowest BCUT2D eigenvalue weighted by Crippen LogP contribution is -2.07. The van der Waals surface area contributed by atoms with Gasteiger partial charge in [0.15, 0.2) is 0 Å². The monoisotopic (exact) mass is 283 g/mol. The van der Waals surface area contributed by atoms with Crippen molar-refractivity contribution < 1.29 is 4.74 Å². The third-order valence-corrected chi connectivity index (χ3v) is 3.58. The molecule has 0 bridgehead atoms. The van der Waals surface area contributed by atoms with Gasteiger partial charge in [0.25, 0.3) is 0 Å². The number of hydrogen-bond acceptors (Lipinski definition) is 5. The van der Waals surface area contributed by atoms with Crippen molar-refractivity contribution in [3.8, 4) is 5.88 Å². The quantitative estimate of drug-likeness (QED) is 0.666. The number of aromatic nitrogens is 2. The highest BCUT2D eigenvalue weighted by Crippen LogP contribution is 2.20. The van der Waals surface area contributed by atoms with Gasteiger partial charge in [-0.15, -0.1) is 0 Å². The van der Waals surface area contributed by atoms with Crippen molar-refractivity contribution in [3.63, 3.8) is 0 Å². The van der Waals surface area contributed by atoms with Crippen LogP contribution in [-0.4, -0.2) is 35.1 Å². The number of rotatable bonds is 10. The molecule has 0 amide bonds. The molecule has 0 fully saturated rings. The molecule has 4 nitrogen and oxygen atoms in total. The lowest BCUT2D eigenvalue weighted by molar-refractivity contribution is 0.324. The minimum atomic E-state index is 0.632. The standard InChI is InChI=1S/C14H25N3OS/c1-4-18-14-12(2)13(16-11-17-14)15-9-7-5-6-8-10-19-3/h11H,4-10H2,1-3H3,(H,15,16,17). The van der Waals surface area contributed by atoms with Crippen molar-refractivity contribution in [2.75, 3.05) is 30.5 Å². The SMILES string of the molecule is CCOc1ncnc(NCCCCCCSC)c1C. The first-order valence-corrected chi connectivity index (χ1v) is 8.36. The Labute approximate surface area is 120 Å². The summed E-state index contributed by atoms with van der Waals surface area (Å²) in [6.45, 7) is 5.55. The van der Waals surface area contributed by atoms with Gasteiger partial charge in [-0.1, -0.05) is 12.8 Å². The zero-order valence-corrected chi connectivity index (χ0v) is 13.1. The molecule has 1 rings (SSSR count). The highest BCUT2D eigenvalue weighted by Gasteiger charge is 2.06. The van der Waals surface area contributed by atoms with Crippen LogP contribution in [0.5, 0.6) is 5.88 Å². The van der Waals surface area contributed by atoms with Gasteiger partial charge < -0.3 is 10.1 Å². The molecule has 19 heavy (non-hydrogen) atoms. The van der Waals surface area contributed by atoms with Crippen molar-refractivity contribution in [1.29, 1.82) is 0 Å². The van der Waals surface area contributed by atoms with Crippen LogP contribution in [-0.2, 0) is 0 Å². The van der Waals surface area contributed by atoms with E-state index in [0.29, 0.717) is 12.5 Å². The molecular formula is C14H25N3OS. The smallest absolute Gasteiger partial charge is 0.221 e. The van der Waals surface area contributed by atoms with Crippen molar-refractivity contribution in [1.82, 2.24) is 9.97 Å². The van der Waals surface area contributed by atoms with E-state index in [0.717, 1.165) is 17.9 Å².